The first-order chi connectivity index (χ1) is 1.91. The predicted molar refractivity (Wildman–Crippen MR) is 24.8 cm³/mol. The van der Waals surface area contributed by atoms with Crippen molar-refractivity contribution in [3.05, 3.63) is 12.7 Å². The van der Waals surface area contributed by atoms with Crippen LogP contribution in [0.15, 0.2) is 12.7 Å². The van der Waals surface area contributed by atoms with Gasteiger partial charge >= 0.3 is 23.9 Å². The molecule has 5 heavy (non-hydrogen) atoms. The van der Waals surface area contributed by atoms with Crippen molar-refractivity contribution in [1.82, 2.24) is 0 Å². The Kier molecular flexibility index (Phi) is 15.9. The third-order valence-electron chi connectivity index (χ3n) is 0.0962. The van der Waals surface area contributed by atoms with Crippen molar-refractivity contribution in [1.29, 1.82) is 0 Å². The summed E-state index contributed by atoms with van der Waals surface area (Å²) in [6.45, 7) is 3.11. The molecule has 0 fully saturated rings. The molecule has 0 saturated heterocycles. The van der Waals surface area contributed by atoms with Crippen molar-refractivity contribution in [2.75, 3.05) is 0 Å². The quantitative estimate of drug-likeness (QED) is 0.298. The fourth-order valence-electron chi connectivity index (χ4n) is 0. The van der Waals surface area contributed by atoms with Crippen LogP contribution >= 0.6 is 0 Å². The summed E-state index contributed by atoms with van der Waals surface area (Å²) in [4.78, 5) is 9.06. The average Bonchev–Trinajstić information content (AvgIpc) is 1.37. The summed E-state index contributed by atoms with van der Waals surface area (Å²) in [5, 5.41) is 0. The van der Waals surface area contributed by atoms with Crippen LogP contribution in [0.3, 0.4) is 0 Å². The van der Waals surface area contributed by atoms with Crippen LogP contribution in [0.4, 0.5) is 0 Å². The number of carbonyl (C=O) groups excluding carboxylic acids is 1. The van der Waals surface area contributed by atoms with Gasteiger partial charge in [0.2, 0.25) is 0 Å². The minimum atomic E-state index is 0. The van der Waals surface area contributed by atoms with Crippen LogP contribution in [0.1, 0.15) is 0 Å². The summed E-state index contributed by atoms with van der Waals surface area (Å²) in [5.74, 6) is 0. The van der Waals surface area contributed by atoms with Crippen LogP contribution in [0.5, 0.6) is 0 Å². The van der Waals surface area contributed by atoms with Gasteiger partial charge in [0.1, 0.15) is 6.29 Å². The number of hydrogen-bond acceptors (Lipinski definition) is 1. The van der Waals surface area contributed by atoms with Gasteiger partial charge in [-0.05, 0) is 6.08 Å². The molecule has 0 spiro atoms. The van der Waals surface area contributed by atoms with E-state index in [-0.39, 0.29) is 23.9 Å². The molecule has 0 aromatic carbocycles. The van der Waals surface area contributed by atoms with E-state index >= 15 is 0 Å². The van der Waals surface area contributed by atoms with Crippen molar-refractivity contribution in [3.8, 4) is 0 Å². The molecule has 0 saturated carbocycles. The van der Waals surface area contributed by atoms with E-state index in [9.17, 15) is 0 Å². The molecule has 0 unspecified atom stereocenters. The molecule has 0 aromatic rings. The zero-order chi connectivity index (χ0) is 3.41. The molecular weight excluding hydrogens is 171 g/mol. The predicted octanol–water partition coefficient (Wildman–Crippen LogP) is -0.545. The van der Waals surface area contributed by atoms with Crippen LogP contribution < -0.4 is 0 Å². The zero-order valence-electron chi connectivity index (χ0n) is 2.98. The van der Waals surface area contributed by atoms with Gasteiger partial charge in [-0.3, -0.25) is 4.79 Å². The van der Waals surface area contributed by atoms with E-state index in [1.54, 1.807) is 0 Å². The van der Waals surface area contributed by atoms with Crippen LogP contribution in [-0.4, -0.2) is 30.2 Å². The van der Waals surface area contributed by atoms with Crippen LogP contribution in [0.2, 0.25) is 0 Å². The number of aldehydes is 1. The van der Waals surface area contributed by atoms with Crippen LogP contribution in [0.25, 0.3) is 0 Å². The Bertz CT molecular complexity index is 27.9. The van der Waals surface area contributed by atoms with Gasteiger partial charge in [0.15, 0.2) is 0 Å². The standard InChI is InChI=1S/C3H4O.Sn.2H/c1-2-3-4;;;/h2-3H,1H2;;;. The van der Waals surface area contributed by atoms with E-state index in [1.165, 1.54) is 6.08 Å². The van der Waals surface area contributed by atoms with Gasteiger partial charge in [-0.2, -0.15) is 0 Å². The Morgan fingerprint density at radius 3 is 1.80 bits per heavy atom. The Balaban J connectivity index is 0. The normalized spacial score (nSPS) is 4.00. The van der Waals surface area contributed by atoms with Gasteiger partial charge in [0.25, 0.3) is 0 Å². The summed E-state index contributed by atoms with van der Waals surface area (Å²) in [7, 11) is 0. The number of carbonyl (C=O) groups is 1. The molecule has 1 nitrogen and oxygen atoms in total. The molecule has 2 radical (unpaired) electrons. The molecule has 0 heterocycles. The summed E-state index contributed by atoms with van der Waals surface area (Å²) in [6, 6.07) is 0. The van der Waals surface area contributed by atoms with Crippen LogP contribution in [-0.2, 0) is 4.79 Å². The van der Waals surface area contributed by atoms with Crippen molar-refractivity contribution in [2.45, 2.75) is 0 Å². The van der Waals surface area contributed by atoms with Crippen molar-refractivity contribution < 1.29 is 4.79 Å². The molecule has 0 bridgehead atoms. The first kappa shape index (κ1) is 8.96. The molecule has 2 heteroatoms. The fraction of sp³-hybridized carbons (Fsp3) is 0. The second-order valence-corrected chi connectivity index (χ2v) is 0.372. The zero-order valence-corrected chi connectivity index (χ0v) is 7.01. The molecule has 0 aliphatic carbocycles. The molecule has 0 rings (SSSR count). The van der Waals surface area contributed by atoms with E-state index in [1.807, 2.05) is 0 Å². The van der Waals surface area contributed by atoms with Crippen LogP contribution in [0, 0.1) is 0 Å². The third kappa shape index (κ3) is 14.1. The SMILES string of the molecule is C=CC=O.[SnH2]. The summed E-state index contributed by atoms with van der Waals surface area (Å²) in [6.07, 6.45) is 1.83. The Labute approximate surface area is 48.0 Å². The summed E-state index contributed by atoms with van der Waals surface area (Å²) < 4.78 is 0. The molecule has 0 amide bonds. The Morgan fingerprint density at radius 2 is 1.80 bits per heavy atom. The second kappa shape index (κ2) is 8.88. The number of allylic oxidation sites excluding steroid dienone is 1. The Hall–Kier alpha value is 0.209. The monoisotopic (exact) mass is 178 g/mol. The summed E-state index contributed by atoms with van der Waals surface area (Å²) in [5.41, 5.74) is 0. The maximum atomic E-state index is 9.06. The van der Waals surface area contributed by atoms with Gasteiger partial charge in [0.05, 0.1) is 0 Å². The minimum absolute atomic E-state index is 0. The topological polar surface area (TPSA) is 17.1 Å². The average molecular weight is 177 g/mol. The van der Waals surface area contributed by atoms with Crippen molar-refractivity contribution in [3.63, 3.8) is 0 Å². The van der Waals surface area contributed by atoms with Gasteiger partial charge in [-0.25, -0.2) is 0 Å². The van der Waals surface area contributed by atoms with Gasteiger partial charge in [0, 0.05) is 0 Å². The van der Waals surface area contributed by atoms with Crippen molar-refractivity contribution in [2.24, 2.45) is 0 Å². The Morgan fingerprint density at radius 1 is 1.60 bits per heavy atom. The molecule has 0 aromatic heterocycles. The fourth-order valence-corrected chi connectivity index (χ4v) is 0. The van der Waals surface area contributed by atoms with Crippen molar-refractivity contribution >= 4 is 30.2 Å². The second-order valence-electron chi connectivity index (χ2n) is 0.372. The van der Waals surface area contributed by atoms with Gasteiger partial charge in [-0.1, -0.05) is 6.58 Å². The van der Waals surface area contributed by atoms with E-state index in [0.717, 1.165) is 0 Å². The molecule has 0 N–H and O–H groups in total. The first-order valence-corrected chi connectivity index (χ1v) is 0.977. The van der Waals surface area contributed by atoms with E-state index in [2.05, 4.69) is 6.58 Å². The summed E-state index contributed by atoms with van der Waals surface area (Å²) >= 11 is 0. The molecule has 0 atom stereocenters. The van der Waals surface area contributed by atoms with Gasteiger partial charge in [-0.15, -0.1) is 0 Å². The van der Waals surface area contributed by atoms with Gasteiger partial charge < -0.3 is 0 Å². The molecule has 28 valence electrons. The number of rotatable bonds is 1. The van der Waals surface area contributed by atoms with E-state index in [0.29, 0.717) is 6.29 Å². The molecule has 0 aliphatic rings. The molecular formula is C3H6OSn. The van der Waals surface area contributed by atoms with E-state index in [4.69, 9.17) is 4.79 Å². The third-order valence-corrected chi connectivity index (χ3v) is 0.0962. The first-order valence-electron chi connectivity index (χ1n) is 0.977. The maximum absolute atomic E-state index is 9.06. The molecule has 0 aliphatic heterocycles. The number of hydrogen-bond donors (Lipinski definition) is 0. The van der Waals surface area contributed by atoms with E-state index < -0.39 is 0 Å².